The molecule has 2 N–H and O–H groups in total. The zero-order valence-electron chi connectivity index (χ0n) is 16.3. The van der Waals surface area contributed by atoms with Crippen LogP contribution in [0, 0.1) is 13.8 Å². The van der Waals surface area contributed by atoms with Gasteiger partial charge in [-0.2, -0.15) is 4.98 Å². The molecule has 7 heteroatoms. The number of benzene rings is 2. The van der Waals surface area contributed by atoms with Gasteiger partial charge in [-0.25, -0.2) is 4.98 Å². The number of anilines is 3. The van der Waals surface area contributed by atoms with Crippen LogP contribution in [0.1, 0.15) is 16.8 Å². The summed E-state index contributed by atoms with van der Waals surface area (Å²) < 4.78 is 10.8. The van der Waals surface area contributed by atoms with Crippen molar-refractivity contribution in [2.75, 3.05) is 24.9 Å². The molecule has 0 aliphatic heterocycles. The van der Waals surface area contributed by atoms with Crippen LogP contribution in [-0.2, 0) is 6.54 Å². The normalized spacial score (nSPS) is 10.5. The number of hydrogen-bond acceptors (Lipinski definition) is 6. The Morgan fingerprint density at radius 1 is 0.964 bits per heavy atom. The summed E-state index contributed by atoms with van der Waals surface area (Å²) in [5, 5.41) is 7.20. The van der Waals surface area contributed by atoms with Crippen molar-refractivity contribution in [2.45, 2.75) is 20.4 Å². The Balaban J connectivity index is 1.81. The van der Waals surface area contributed by atoms with Crippen molar-refractivity contribution in [2.24, 2.45) is 0 Å². The Morgan fingerprint density at radius 2 is 1.71 bits per heavy atom. The van der Waals surface area contributed by atoms with Crippen LogP contribution in [0.4, 0.5) is 17.5 Å². The molecule has 0 aliphatic rings. The lowest BCUT2D eigenvalue weighted by Crippen LogP contribution is -2.07. The molecule has 0 unspecified atom stereocenters. The van der Waals surface area contributed by atoms with E-state index in [0.717, 1.165) is 28.3 Å². The van der Waals surface area contributed by atoms with Gasteiger partial charge in [0.1, 0.15) is 17.3 Å². The SMILES string of the molecule is COc1ccccc1CNc1nc(C)cc(Nc2cc(C)c(Cl)cc2OC)n1. The number of nitrogens with zero attached hydrogens (tertiary/aromatic N) is 2. The maximum atomic E-state index is 6.19. The van der Waals surface area contributed by atoms with E-state index in [1.54, 1.807) is 20.3 Å². The second kappa shape index (κ2) is 8.80. The Morgan fingerprint density at radius 3 is 2.46 bits per heavy atom. The van der Waals surface area contributed by atoms with Crippen LogP contribution in [0.25, 0.3) is 0 Å². The van der Waals surface area contributed by atoms with Crippen LogP contribution in [0.3, 0.4) is 0 Å². The Kier molecular flexibility index (Phi) is 6.21. The summed E-state index contributed by atoms with van der Waals surface area (Å²) >= 11 is 6.19. The highest BCUT2D eigenvalue weighted by Gasteiger charge is 2.10. The third kappa shape index (κ3) is 4.64. The van der Waals surface area contributed by atoms with E-state index in [1.807, 2.05) is 50.2 Å². The van der Waals surface area contributed by atoms with Crippen LogP contribution in [-0.4, -0.2) is 24.2 Å². The summed E-state index contributed by atoms with van der Waals surface area (Å²) in [6.07, 6.45) is 0. The van der Waals surface area contributed by atoms with Gasteiger partial charge >= 0.3 is 0 Å². The van der Waals surface area contributed by atoms with Gasteiger partial charge in [0.05, 0.1) is 19.9 Å². The van der Waals surface area contributed by atoms with E-state index in [1.165, 1.54) is 0 Å². The molecular weight excluding hydrogens is 376 g/mol. The van der Waals surface area contributed by atoms with E-state index < -0.39 is 0 Å². The van der Waals surface area contributed by atoms with E-state index in [-0.39, 0.29) is 0 Å². The van der Waals surface area contributed by atoms with Crippen LogP contribution >= 0.6 is 11.6 Å². The fourth-order valence-corrected chi connectivity index (χ4v) is 2.96. The fourth-order valence-electron chi connectivity index (χ4n) is 2.80. The molecule has 146 valence electrons. The molecule has 0 radical (unpaired) electrons. The first-order valence-electron chi connectivity index (χ1n) is 8.82. The third-order valence-corrected chi connectivity index (χ3v) is 4.63. The summed E-state index contributed by atoms with van der Waals surface area (Å²) in [7, 11) is 3.27. The van der Waals surface area contributed by atoms with Gasteiger partial charge in [0.25, 0.3) is 0 Å². The smallest absolute Gasteiger partial charge is 0.225 e. The average molecular weight is 399 g/mol. The predicted molar refractivity (Wildman–Crippen MR) is 113 cm³/mol. The van der Waals surface area contributed by atoms with Gasteiger partial charge in [0.2, 0.25) is 5.95 Å². The number of methoxy groups -OCH3 is 2. The van der Waals surface area contributed by atoms with Crippen molar-refractivity contribution in [3.63, 3.8) is 0 Å². The average Bonchev–Trinajstić information content (AvgIpc) is 2.68. The minimum absolute atomic E-state index is 0.526. The molecule has 0 fully saturated rings. The second-order valence-corrected chi connectivity index (χ2v) is 6.72. The minimum atomic E-state index is 0.526. The third-order valence-electron chi connectivity index (χ3n) is 4.23. The molecule has 28 heavy (non-hydrogen) atoms. The molecule has 0 bridgehead atoms. The predicted octanol–water partition coefficient (Wildman–Crippen LogP) is 5.12. The lowest BCUT2D eigenvalue weighted by atomic mass is 10.2. The Bertz CT molecular complexity index is 979. The van der Waals surface area contributed by atoms with E-state index in [0.29, 0.717) is 29.1 Å². The zero-order valence-corrected chi connectivity index (χ0v) is 17.1. The molecule has 0 saturated heterocycles. The first-order valence-corrected chi connectivity index (χ1v) is 9.20. The zero-order chi connectivity index (χ0) is 20.1. The number of halogens is 1. The van der Waals surface area contributed by atoms with E-state index in [2.05, 4.69) is 20.6 Å². The molecule has 0 saturated carbocycles. The fraction of sp³-hybridized carbons (Fsp3) is 0.238. The molecule has 0 spiro atoms. The number of aryl methyl sites for hydroxylation is 2. The number of nitrogens with one attached hydrogen (secondary N) is 2. The van der Waals surface area contributed by atoms with Gasteiger partial charge in [0, 0.05) is 35.0 Å². The van der Waals surface area contributed by atoms with Gasteiger partial charge in [-0.3, -0.25) is 0 Å². The quantitative estimate of drug-likeness (QED) is 0.575. The summed E-state index contributed by atoms with van der Waals surface area (Å²) in [6, 6.07) is 13.4. The maximum absolute atomic E-state index is 6.19. The highest BCUT2D eigenvalue weighted by molar-refractivity contribution is 6.31. The summed E-state index contributed by atoms with van der Waals surface area (Å²) in [6.45, 7) is 4.42. The summed E-state index contributed by atoms with van der Waals surface area (Å²) in [5.74, 6) is 2.66. The second-order valence-electron chi connectivity index (χ2n) is 6.31. The molecule has 3 rings (SSSR count). The summed E-state index contributed by atoms with van der Waals surface area (Å²) in [5.41, 5.74) is 3.60. The highest BCUT2D eigenvalue weighted by Crippen LogP contribution is 2.33. The molecule has 1 heterocycles. The van der Waals surface area contributed by atoms with Gasteiger partial charge in [-0.1, -0.05) is 29.8 Å². The molecule has 1 aromatic heterocycles. The number of para-hydroxylation sites is 1. The van der Waals surface area contributed by atoms with Gasteiger partial charge in [-0.15, -0.1) is 0 Å². The van der Waals surface area contributed by atoms with Crippen LogP contribution < -0.4 is 20.1 Å². The topological polar surface area (TPSA) is 68.3 Å². The molecule has 0 amide bonds. The monoisotopic (exact) mass is 398 g/mol. The van der Waals surface area contributed by atoms with Crippen molar-refractivity contribution >= 4 is 29.1 Å². The van der Waals surface area contributed by atoms with Crippen molar-refractivity contribution in [1.82, 2.24) is 9.97 Å². The molecule has 2 aromatic carbocycles. The Hall–Kier alpha value is -2.99. The van der Waals surface area contributed by atoms with Crippen molar-refractivity contribution < 1.29 is 9.47 Å². The molecule has 6 nitrogen and oxygen atoms in total. The van der Waals surface area contributed by atoms with Crippen molar-refractivity contribution in [1.29, 1.82) is 0 Å². The van der Waals surface area contributed by atoms with Gasteiger partial charge in [-0.05, 0) is 31.5 Å². The van der Waals surface area contributed by atoms with E-state index >= 15 is 0 Å². The highest BCUT2D eigenvalue weighted by atomic mass is 35.5. The minimum Gasteiger partial charge on any atom is -0.496 e. The molecular formula is C21H23ClN4O2. The first kappa shape index (κ1) is 19.8. The number of rotatable bonds is 7. The molecule has 0 aliphatic carbocycles. The number of hydrogen-bond donors (Lipinski definition) is 2. The Labute approximate surface area is 169 Å². The first-order chi connectivity index (χ1) is 13.5. The van der Waals surface area contributed by atoms with Crippen LogP contribution in [0.15, 0.2) is 42.5 Å². The van der Waals surface area contributed by atoms with E-state index in [9.17, 15) is 0 Å². The lowest BCUT2D eigenvalue weighted by Gasteiger charge is -2.14. The largest absolute Gasteiger partial charge is 0.496 e. The standard InChI is InChI=1S/C21H23ClN4O2/c1-13-9-17(19(28-4)11-16(13)22)25-20-10-14(2)24-21(26-20)23-12-15-7-5-6-8-18(15)27-3/h5-11H,12H2,1-4H3,(H2,23,24,25,26). The molecule has 3 aromatic rings. The number of ether oxygens (including phenoxy) is 2. The van der Waals surface area contributed by atoms with Gasteiger partial charge < -0.3 is 20.1 Å². The van der Waals surface area contributed by atoms with Crippen molar-refractivity contribution in [3.8, 4) is 11.5 Å². The molecule has 0 atom stereocenters. The van der Waals surface area contributed by atoms with E-state index in [4.69, 9.17) is 21.1 Å². The van der Waals surface area contributed by atoms with Crippen molar-refractivity contribution in [3.05, 3.63) is 64.3 Å². The maximum Gasteiger partial charge on any atom is 0.225 e. The van der Waals surface area contributed by atoms with Crippen LogP contribution in [0.2, 0.25) is 5.02 Å². The summed E-state index contributed by atoms with van der Waals surface area (Å²) in [4.78, 5) is 9.03. The van der Waals surface area contributed by atoms with Crippen LogP contribution in [0.5, 0.6) is 11.5 Å². The number of aromatic nitrogens is 2. The lowest BCUT2D eigenvalue weighted by molar-refractivity contribution is 0.410. The van der Waals surface area contributed by atoms with Gasteiger partial charge in [0.15, 0.2) is 0 Å².